The van der Waals surface area contributed by atoms with Gasteiger partial charge in [-0.25, -0.2) is 0 Å². The van der Waals surface area contributed by atoms with Crippen LogP contribution in [0.3, 0.4) is 0 Å². The van der Waals surface area contributed by atoms with Gasteiger partial charge in [0.15, 0.2) is 5.78 Å². The SMILES string of the molecule is CCOc1ccc(C2C3=C(CC(c4ccccc4)CC3=O)Nc3c2ccc2ncccc32)cc1. The van der Waals surface area contributed by atoms with Crippen LogP contribution in [0.15, 0.2) is 96.3 Å². The zero-order valence-electron chi connectivity index (χ0n) is 19.1. The number of carbonyl (C=O) groups is 1. The minimum absolute atomic E-state index is 0.115. The summed E-state index contributed by atoms with van der Waals surface area (Å²) in [6.07, 6.45) is 3.17. The normalized spacial score (nSPS) is 19.4. The van der Waals surface area contributed by atoms with Crippen molar-refractivity contribution in [3.8, 4) is 5.75 Å². The number of allylic oxidation sites excluding steroid dienone is 2. The molecule has 3 aromatic carbocycles. The number of anilines is 1. The number of nitrogens with one attached hydrogen (secondary N) is 1. The topological polar surface area (TPSA) is 51.2 Å². The van der Waals surface area contributed by atoms with E-state index >= 15 is 0 Å². The lowest BCUT2D eigenvalue weighted by atomic mass is 9.71. The van der Waals surface area contributed by atoms with Crippen LogP contribution in [0, 0.1) is 0 Å². The van der Waals surface area contributed by atoms with Crippen LogP contribution in [-0.4, -0.2) is 17.4 Å². The van der Waals surface area contributed by atoms with Gasteiger partial charge in [-0.15, -0.1) is 0 Å². The minimum atomic E-state index is -0.115. The Kier molecular flexibility index (Phi) is 5.14. The van der Waals surface area contributed by atoms with E-state index in [1.54, 1.807) is 0 Å². The van der Waals surface area contributed by atoms with Crippen molar-refractivity contribution in [2.24, 2.45) is 0 Å². The van der Waals surface area contributed by atoms with Gasteiger partial charge in [-0.05, 0) is 66.3 Å². The highest BCUT2D eigenvalue weighted by Crippen LogP contribution is 2.49. The molecule has 168 valence electrons. The lowest BCUT2D eigenvalue weighted by Crippen LogP contribution is -2.29. The zero-order valence-corrected chi connectivity index (χ0v) is 19.1. The van der Waals surface area contributed by atoms with Gasteiger partial charge in [-0.2, -0.15) is 0 Å². The largest absolute Gasteiger partial charge is 0.494 e. The van der Waals surface area contributed by atoms with E-state index in [2.05, 4.69) is 64.9 Å². The van der Waals surface area contributed by atoms with Gasteiger partial charge in [0.05, 0.1) is 17.8 Å². The number of hydrogen-bond donors (Lipinski definition) is 1. The van der Waals surface area contributed by atoms with Crippen molar-refractivity contribution >= 4 is 22.4 Å². The summed E-state index contributed by atoms with van der Waals surface area (Å²) in [7, 11) is 0. The summed E-state index contributed by atoms with van der Waals surface area (Å²) in [4.78, 5) is 18.3. The third-order valence-corrected chi connectivity index (χ3v) is 7.00. The van der Waals surface area contributed by atoms with Crippen LogP contribution in [0.4, 0.5) is 5.69 Å². The maximum Gasteiger partial charge on any atom is 0.162 e. The van der Waals surface area contributed by atoms with Crippen molar-refractivity contribution in [1.82, 2.24) is 4.98 Å². The molecule has 4 aromatic rings. The van der Waals surface area contributed by atoms with Crippen LogP contribution in [0.1, 0.15) is 48.3 Å². The molecule has 1 aliphatic carbocycles. The Hall–Kier alpha value is -3.92. The molecule has 34 heavy (non-hydrogen) atoms. The number of carbonyl (C=O) groups excluding carboxylic acids is 1. The molecule has 2 aliphatic rings. The summed E-state index contributed by atoms with van der Waals surface area (Å²) in [6, 6.07) is 26.8. The van der Waals surface area contributed by atoms with Gasteiger partial charge in [0.25, 0.3) is 0 Å². The summed E-state index contributed by atoms with van der Waals surface area (Å²) in [5, 5.41) is 4.78. The number of Topliss-reactive ketones (excluding diaryl/α,β-unsaturated/α-hetero) is 1. The Bertz CT molecular complexity index is 1410. The van der Waals surface area contributed by atoms with E-state index in [1.165, 1.54) is 5.56 Å². The summed E-state index contributed by atoms with van der Waals surface area (Å²) >= 11 is 0. The molecular formula is C30H26N2O2. The number of benzene rings is 3. The zero-order chi connectivity index (χ0) is 23.1. The molecule has 0 saturated heterocycles. The fourth-order valence-corrected chi connectivity index (χ4v) is 5.47. The molecule has 4 heteroatoms. The Morgan fingerprint density at radius 3 is 2.53 bits per heavy atom. The summed E-state index contributed by atoms with van der Waals surface area (Å²) < 4.78 is 5.67. The Morgan fingerprint density at radius 2 is 1.74 bits per heavy atom. The first-order chi connectivity index (χ1) is 16.7. The third kappa shape index (κ3) is 3.47. The Labute approximate surface area is 199 Å². The molecule has 0 radical (unpaired) electrons. The standard InChI is InChI=1S/C30H26N2O2/c1-2-34-22-12-10-20(11-13-22)28-24-14-15-25-23(9-6-16-31-25)30(24)32-26-17-21(18-27(33)29(26)28)19-7-4-3-5-8-19/h3-16,21,28,32H,2,17-18H2,1H3. The summed E-state index contributed by atoms with van der Waals surface area (Å²) in [6.45, 7) is 2.61. The molecule has 2 atom stereocenters. The van der Waals surface area contributed by atoms with Crippen molar-refractivity contribution in [2.75, 3.05) is 11.9 Å². The quantitative estimate of drug-likeness (QED) is 0.384. The monoisotopic (exact) mass is 446 g/mol. The molecule has 2 unspecified atom stereocenters. The molecule has 0 fully saturated rings. The number of hydrogen-bond acceptors (Lipinski definition) is 4. The van der Waals surface area contributed by atoms with E-state index in [4.69, 9.17) is 4.74 Å². The van der Waals surface area contributed by atoms with Gasteiger partial charge < -0.3 is 10.1 Å². The van der Waals surface area contributed by atoms with Crippen LogP contribution in [0.5, 0.6) is 5.75 Å². The first kappa shape index (κ1) is 20.7. The van der Waals surface area contributed by atoms with Crippen molar-refractivity contribution in [3.63, 3.8) is 0 Å². The highest BCUT2D eigenvalue weighted by atomic mass is 16.5. The highest BCUT2D eigenvalue weighted by molar-refractivity contribution is 6.04. The molecule has 4 nitrogen and oxygen atoms in total. The predicted molar refractivity (Wildman–Crippen MR) is 135 cm³/mol. The maximum atomic E-state index is 13.7. The van der Waals surface area contributed by atoms with E-state index in [9.17, 15) is 4.79 Å². The second-order valence-corrected chi connectivity index (χ2v) is 8.99. The number of aromatic nitrogens is 1. The minimum Gasteiger partial charge on any atom is -0.494 e. The maximum absolute atomic E-state index is 13.7. The fourth-order valence-electron chi connectivity index (χ4n) is 5.47. The summed E-state index contributed by atoms with van der Waals surface area (Å²) in [5.74, 6) is 1.13. The van der Waals surface area contributed by atoms with Crippen LogP contribution in [-0.2, 0) is 4.79 Å². The molecule has 0 amide bonds. The van der Waals surface area contributed by atoms with E-state index in [-0.39, 0.29) is 17.6 Å². The van der Waals surface area contributed by atoms with Gasteiger partial charge in [-0.3, -0.25) is 9.78 Å². The van der Waals surface area contributed by atoms with Gasteiger partial charge in [0.1, 0.15) is 5.75 Å². The van der Waals surface area contributed by atoms with Crippen molar-refractivity contribution < 1.29 is 9.53 Å². The summed E-state index contributed by atoms with van der Waals surface area (Å²) in [5.41, 5.74) is 7.38. The molecule has 1 aromatic heterocycles. The van der Waals surface area contributed by atoms with Gasteiger partial charge in [0.2, 0.25) is 0 Å². The van der Waals surface area contributed by atoms with Crippen LogP contribution in [0.25, 0.3) is 10.9 Å². The Morgan fingerprint density at radius 1 is 0.912 bits per heavy atom. The Balaban J connectivity index is 1.51. The lowest BCUT2D eigenvalue weighted by Gasteiger charge is -2.37. The van der Waals surface area contributed by atoms with Crippen molar-refractivity contribution in [2.45, 2.75) is 31.6 Å². The number of ether oxygens (including phenoxy) is 1. The predicted octanol–water partition coefficient (Wildman–Crippen LogP) is 6.59. The third-order valence-electron chi connectivity index (χ3n) is 7.00. The molecule has 1 N–H and O–H groups in total. The lowest BCUT2D eigenvalue weighted by molar-refractivity contribution is -0.116. The van der Waals surface area contributed by atoms with E-state index < -0.39 is 0 Å². The second kappa shape index (κ2) is 8.45. The fraction of sp³-hybridized carbons (Fsp3) is 0.200. The molecule has 2 heterocycles. The van der Waals surface area contributed by atoms with E-state index in [1.807, 2.05) is 37.4 Å². The van der Waals surface area contributed by atoms with Gasteiger partial charge in [-0.1, -0.05) is 48.5 Å². The van der Waals surface area contributed by atoms with Crippen LogP contribution < -0.4 is 10.1 Å². The van der Waals surface area contributed by atoms with Crippen LogP contribution >= 0.6 is 0 Å². The highest BCUT2D eigenvalue weighted by Gasteiger charge is 2.38. The molecule has 6 rings (SSSR count). The number of nitrogens with zero attached hydrogens (tertiary/aromatic N) is 1. The first-order valence-electron chi connectivity index (χ1n) is 11.9. The van der Waals surface area contributed by atoms with E-state index in [0.29, 0.717) is 13.0 Å². The van der Waals surface area contributed by atoms with E-state index in [0.717, 1.165) is 51.2 Å². The molecule has 1 aliphatic heterocycles. The van der Waals surface area contributed by atoms with Crippen molar-refractivity contribution in [3.05, 3.63) is 113 Å². The first-order valence-corrected chi connectivity index (χ1v) is 11.9. The average molecular weight is 447 g/mol. The average Bonchev–Trinajstić information content (AvgIpc) is 2.88. The molecule has 0 bridgehead atoms. The molecular weight excluding hydrogens is 420 g/mol. The number of ketones is 1. The number of rotatable bonds is 4. The second-order valence-electron chi connectivity index (χ2n) is 8.99. The van der Waals surface area contributed by atoms with Crippen LogP contribution in [0.2, 0.25) is 0 Å². The van der Waals surface area contributed by atoms with Crippen molar-refractivity contribution in [1.29, 1.82) is 0 Å². The van der Waals surface area contributed by atoms with Gasteiger partial charge >= 0.3 is 0 Å². The molecule has 0 spiro atoms. The number of pyridine rings is 1. The number of fused-ring (bicyclic) bond motifs is 3. The smallest absolute Gasteiger partial charge is 0.162 e. The van der Waals surface area contributed by atoms with Gasteiger partial charge in [0, 0.05) is 35.2 Å². The molecule has 0 saturated carbocycles.